The van der Waals surface area contributed by atoms with E-state index in [2.05, 4.69) is 51.6 Å². The zero-order valence-electron chi connectivity index (χ0n) is 13.8. The first-order chi connectivity index (χ1) is 10.1. The van der Waals surface area contributed by atoms with E-state index in [4.69, 9.17) is 4.74 Å². The van der Waals surface area contributed by atoms with E-state index in [1.54, 1.807) is 0 Å². The molecule has 0 radical (unpaired) electrons. The van der Waals surface area contributed by atoms with Crippen LogP contribution < -0.4 is 4.74 Å². The Morgan fingerprint density at radius 1 is 1.14 bits per heavy atom. The van der Waals surface area contributed by atoms with Crippen LogP contribution in [0.15, 0.2) is 18.2 Å². The summed E-state index contributed by atoms with van der Waals surface area (Å²) in [5.74, 6) is 2.52. The molecule has 0 spiro atoms. The Bertz CT molecular complexity index is 445. The van der Waals surface area contributed by atoms with Crippen molar-refractivity contribution in [1.29, 1.82) is 0 Å². The third-order valence-electron chi connectivity index (χ3n) is 4.82. The van der Waals surface area contributed by atoms with Gasteiger partial charge in [-0.1, -0.05) is 51.7 Å². The highest BCUT2D eigenvalue weighted by atomic mass is 32.1. The lowest BCUT2D eigenvalue weighted by molar-refractivity contribution is 0.147. The first kappa shape index (κ1) is 16.7. The maximum atomic E-state index is 6.32. The molecule has 1 fully saturated rings. The first-order valence-electron chi connectivity index (χ1n) is 8.40. The smallest absolute Gasteiger partial charge is 0.123 e. The average molecular weight is 307 g/mol. The van der Waals surface area contributed by atoms with Crippen molar-refractivity contribution >= 4 is 12.6 Å². The van der Waals surface area contributed by atoms with Crippen molar-refractivity contribution in [3.8, 4) is 5.75 Å². The van der Waals surface area contributed by atoms with Gasteiger partial charge in [-0.3, -0.25) is 0 Å². The Morgan fingerprint density at radius 2 is 1.81 bits per heavy atom. The van der Waals surface area contributed by atoms with Crippen molar-refractivity contribution in [2.24, 2.45) is 5.41 Å². The SMILES string of the molecule is Cc1ccc(C(C)C)c(OCC2(CS)CCCCCC2)c1. The molecule has 0 saturated heterocycles. The summed E-state index contributed by atoms with van der Waals surface area (Å²) in [5.41, 5.74) is 2.87. The summed E-state index contributed by atoms with van der Waals surface area (Å²) in [6, 6.07) is 6.59. The minimum atomic E-state index is 0.275. The molecule has 0 unspecified atom stereocenters. The largest absolute Gasteiger partial charge is 0.493 e. The Labute approximate surface area is 135 Å². The minimum Gasteiger partial charge on any atom is -0.493 e. The van der Waals surface area contributed by atoms with Crippen LogP contribution in [0.25, 0.3) is 0 Å². The molecule has 1 aromatic rings. The number of ether oxygens (including phenoxy) is 1. The minimum absolute atomic E-state index is 0.275. The fourth-order valence-electron chi connectivity index (χ4n) is 3.30. The molecular formula is C19H30OS. The molecule has 2 heteroatoms. The van der Waals surface area contributed by atoms with Crippen LogP contribution in [0.1, 0.15) is 69.4 Å². The summed E-state index contributed by atoms with van der Waals surface area (Å²) in [6.45, 7) is 7.42. The molecule has 0 aromatic heterocycles. The molecule has 0 aliphatic heterocycles. The molecule has 1 saturated carbocycles. The van der Waals surface area contributed by atoms with E-state index in [0.29, 0.717) is 5.92 Å². The highest BCUT2D eigenvalue weighted by Crippen LogP contribution is 2.37. The van der Waals surface area contributed by atoms with E-state index >= 15 is 0 Å². The maximum absolute atomic E-state index is 6.32. The van der Waals surface area contributed by atoms with Gasteiger partial charge < -0.3 is 4.74 Å². The summed E-state index contributed by atoms with van der Waals surface area (Å²) >= 11 is 4.65. The quantitative estimate of drug-likeness (QED) is 0.537. The molecule has 1 aliphatic rings. The zero-order chi connectivity index (χ0) is 15.3. The second-order valence-corrected chi connectivity index (χ2v) is 7.37. The van der Waals surface area contributed by atoms with Crippen LogP contribution in [-0.4, -0.2) is 12.4 Å². The van der Waals surface area contributed by atoms with Gasteiger partial charge in [0, 0.05) is 5.41 Å². The van der Waals surface area contributed by atoms with Crippen molar-refractivity contribution in [3.05, 3.63) is 29.3 Å². The van der Waals surface area contributed by atoms with E-state index < -0.39 is 0 Å². The summed E-state index contributed by atoms with van der Waals surface area (Å²) in [5, 5.41) is 0. The lowest BCUT2D eigenvalue weighted by Crippen LogP contribution is -2.30. The number of hydrogen-bond donors (Lipinski definition) is 1. The third kappa shape index (κ3) is 4.42. The summed E-state index contributed by atoms with van der Waals surface area (Å²) in [6.07, 6.45) is 7.93. The summed E-state index contributed by atoms with van der Waals surface area (Å²) in [4.78, 5) is 0. The molecule has 1 aliphatic carbocycles. The van der Waals surface area contributed by atoms with Crippen molar-refractivity contribution in [2.45, 2.75) is 65.2 Å². The first-order valence-corrected chi connectivity index (χ1v) is 9.04. The van der Waals surface area contributed by atoms with Gasteiger partial charge in [0.2, 0.25) is 0 Å². The van der Waals surface area contributed by atoms with E-state index in [1.807, 2.05) is 0 Å². The molecular weight excluding hydrogens is 276 g/mol. The van der Waals surface area contributed by atoms with Gasteiger partial charge in [0.1, 0.15) is 5.75 Å². The topological polar surface area (TPSA) is 9.23 Å². The maximum Gasteiger partial charge on any atom is 0.123 e. The van der Waals surface area contributed by atoms with Crippen molar-refractivity contribution in [3.63, 3.8) is 0 Å². The van der Waals surface area contributed by atoms with Gasteiger partial charge in [0.25, 0.3) is 0 Å². The summed E-state index contributed by atoms with van der Waals surface area (Å²) < 4.78 is 6.32. The Hall–Kier alpha value is -0.630. The van der Waals surface area contributed by atoms with Crippen LogP contribution in [0, 0.1) is 12.3 Å². The predicted molar refractivity (Wildman–Crippen MR) is 94.8 cm³/mol. The molecule has 0 N–H and O–H groups in total. The number of aryl methyl sites for hydroxylation is 1. The van der Waals surface area contributed by atoms with E-state index in [-0.39, 0.29) is 5.41 Å². The second-order valence-electron chi connectivity index (χ2n) is 7.06. The van der Waals surface area contributed by atoms with Crippen molar-refractivity contribution < 1.29 is 4.74 Å². The van der Waals surface area contributed by atoms with Gasteiger partial charge in [-0.05, 0) is 48.6 Å². The van der Waals surface area contributed by atoms with E-state index in [9.17, 15) is 0 Å². The third-order valence-corrected chi connectivity index (χ3v) is 5.50. The molecule has 0 bridgehead atoms. The Kier molecular flexibility index (Phi) is 6.04. The molecule has 118 valence electrons. The Morgan fingerprint density at radius 3 is 2.38 bits per heavy atom. The van der Waals surface area contributed by atoms with Crippen molar-refractivity contribution in [2.75, 3.05) is 12.4 Å². The van der Waals surface area contributed by atoms with Crippen LogP contribution in [0.5, 0.6) is 5.75 Å². The van der Waals surface area contributed by atoms with Gasteiger partial charge in [-0.25, -0.2) is 0 Å². The highest BCUT2D eigenvalue weighted by molar-refractivity contribution is 7.80. The molecule has 0 amide bonds. The fourth-order valence-corrected chi connectivity index (χ4v) is 3.71. The van der Waals surface area contributed by atoms with E-state index in [0.717, 1.165) is 18.1 Å². The van der Waals surface area contributed by atoms with Gasteiger partial charge in [-0.2, -0.15) is 12.6 Å². The summed E-state index contributed by atoms with van der Waals surface area (Å²) in [7, 11) is 0. The number of hydrogen-bond acceptors (Lipinski definition) is 2. The molecule has 1 nitrogen and oxygen atoms in total. The fraction of sp³-hybridized carbons (Fsp3) is 0.684. The molecule has 1 aromatic carbocycles. The molecule has 21 heavy (non-hydrogen) atoms. The van der Waals surface area contributed by atoms with Gasteiger partial charge in [0.15, 0.2) is 0 Å². The predicted octanol–water partition coefficient (Wildman–Crippen LogP) is 5.77. The monoisotopic (exact) mass is 306 g/mol. The van der Waals surface area contributed by atoms with Crippen LogP contribution in [0.3, 0.4) is 0 Å². The van der Waals surface area contributed by atoms with Crippen LogP contribution >= 0.6 is 12.6 Å². The van der Waals surface area contributed by atoms with Gasteiger partial charge in [0.05, 0.1) is 6.61 Å². The highest BCUT2D eigenvalue weighted by Gasteiger charge is 2.30. The standard InChI is InChI=1S/C19H30OS/c1-15(2)17-9-8-16(3)12-18(17)20-13-19(14-21)10-6-4-5-7-11-19/h8-9,12,15,21H,4-7,10-11,13-14H2,1-3H3. The number of thiol groups is 1. The van der Waals surface area contributed by atoms with E-state index in [1.165, 1.54) is 49.7 Å². The second kappa shape index (κ2) is 7.58. The lowest BCUT2D eigenvalue weighted by Gasteiger charge is -2.31. The van der Waals surface area contributed by atoms with Gasteiger partial charge in [-0.15, -0.1) is 0 Å². The molecule has 0 heterocycles. The van der Waals surface area contributed by atoms with Crippen LogP contribution in [-0.2, 0) is 0 Å². The zero-order valence-corrected chi connectivity index (χ0v) is 14.7. The molecule has 0 atom stereocenters. The molecule has 2 rings (SSSR count). The number of rotatable bonds is 5. The van der Waals surface area contributed by atoms with Crippen LogP contribution in [0.4, 0.5) is 0 Å². The van der Waals surface area contributed by atoms with Crippen LogP contribution in [0.2, 0.25) is 0 Å². The number of benzene rings is 1. The average Bonchev–Trinajstić information content (AvgIpc) is 2.71. The van der Waals surface area contributed by atoms with Crippen molar-refractivity contribution in [1.82, 2.24) is 0 Å². The lowest BCUT2D eigenvalue weighted by atomic mass is 9.83. The normalized spacial score (nSPS) is 18.5. The van der Waals surface area contributed by atoms with Gasteiger partial charge >= 0.3 is 0 Å². The Balaban J connectivity index is 2.12.